The van der Waals surface area contributed by atoms with Crippen LogP contribution in [-0.2, 0) is 0 Å². The molecular weight excluding hydrogens is 242 g/mol. The van der Waals surface area contributed by atoms with Gasteiger partial charge in [-0.3, -0.25) is 10.1 Å². The Labute approximate surface area is 110 Å². The largest absolute Gasteiger partial charge is 0.507 e. The van der Waals surface area contributed by atoms with E-state index in [1.54, 1.807) is 12.1 Å². The van der Waals surface area contributed by atoms with Gasteiger partial charge in [0.05, 0.1) is 4.92 Å². The molecule has 0 fully saturated rings. The first-order chi connectivity index (χ1) is 8.66. The molecule has 0 aliphatic heterocycles. The number of phenols is 1. The van der Waals surface area contributed by atoms with Crippen LogP contribution in [0.25, 0.3) is 21.5 Å². The maximum atomic E-state index is 10.7. The predicted molar refractivity (Wildman–Crippen MR) is 76.5 cm³/mol. The Morgan fingerprint density at radius 1 is 0.947 bits per heavy atom. The molecule has 1 N–H and O–H groups in total. The summed E-state index contributed by atoms with van der Waals surface area (Å²) in [7, 11) is 0. The van der Waals surface area contributed by atoms with Gasteiger partial charge in [0.1, 0.15) is 5.75 Å². The minimum absolute atomic E-state index is 0. The molecule has 0 bridgehead atoms. The van der Waals surface area contributed by atoms with E-state index in [1.165, 1.54) is 12.1 Å². The topological polar surface area (TPSA) is 63.4 Å². The first-order valence-electron chi connectivity index (χ1n) is 5.46. The first-order valence-corrected chi connectivity index (χ1v) is 5.46. The van der Waals surface area contributed by atoms with Crippen LogP contribution in [0.15, 0.2) is 48.5 Å². The molecule has 19 heavy (non-hydrogen) atoms. The fourth-order valence-corrected chi connectivity index (χ4v) is 2.14. The molecule has 0 aromatic heterocycles. The van der Waals surface area contributed by atoms with Gasteiger partial charge >= 0.3 is 0 Å². The maximum absolute atomic E-state index is 10.7. The van der Waals surface area contributed by atoms with Gasteiger partial charge < -0.3 is 5.11 Å². The van der Waals surface area contributed by atoms with Crippen LogP contribution in [0.3, 0.4) is 0 Å². The van der Waals surface area contributed by atoms with Crippen molar-refractivity contribution in [1.29, 1.82) is 0 Å². The van der Waals surface area contributed by atoms with Crippen molar-refractivity contribution in [3.05, 3.63) is 58.6 Å². The highest BCUT2D eigenvalue weighted by atomic mass is 16.6. The van der Waals surface area contributed by atoms with E-state index >= 15 is 0 Å². The molecule has 3 aromatic rings. The Morgan fingerprint density at radius 3 is 2.37 bits per heavy atom. The zero-order valence-electron chi connectivity index (χ0n) is 9.33. The van der Waals surface area contributed by atoms with E-state index in [4.69, 9.17) is 0 Å². The van der Waals surface area contributed by atoms with Gasteiger partial charge in [-0.15, -0.1) is 0 Å². The van der Waals surface area contributed by atoms with Crippen molar-refractivity contribution in [2.45, 2.75) is 7.43 Å². The molecule has 3 aromatic carbocycles. The summed E-state index contributed by atoms with van der Waals surface area (Å²) in [4.78, 5) is 10.3. The SMILES string of the molecule is C.O=[N+]([O-])c1ccc2cc3ccccc3c(O)c2c1. The third-order valence-corrected chi connectivity index (χ3v) is 3.03. The minimum atomic E-state index is -0.464. The predicted octanol–water partition coefficient (Wildman–Crippen LogP) is 4.24. The van der Waals surface area contributed by atoms with E-state index in [1.807, 2.05) is 24.3 Å². The van der Waals surface area contributed by atoms with Crippen molar-refractivity contribution < 1.29 is 10.0 Å². The van der Waals surface area contributed by atoms with Crippen LogP contribution in [0.1, 0.15) is 7.43 Å². The smallest absolute Gasteiger partial charge is 0.270 e. The highest BCUT2D eigenvalue weighted by molar-refractivity contribution is 6.05. The lowest BCUT2D eigenvalue weighted by Gasteiger charge is -2.05. The summed E-state index contributed by atoms with van der Waals surface area (Å²) in [5.74, 6) is 0.0896. The second-order valence-corrected chi connectivity index (χ2v) is 4.11. The average Bonchev–Trinajstić information content (AvgIpc) is 2.38. The molecule has 0 unspecified atom stereocenters. The number of phenolic OH excluding ortho intramolecular Hbond substituents is 1. The highest BCUT2D eigenvalue weighted by Crippen LogP contribution is 2.35. The standard InChI is InChI=1S/C14H9NO3.CH4/c16-14-12-4-2-1-3-9(12)7-10-5-6-11(15(17)18)8-13(10)14;/h1-8,16H;1H4. The summed E-state index contributed by atoms with van der Waals surface area (Å²) in [6, 6.07) is 13.8. The Morgan fingerprint density at radius 2 is 1.63 bits per heavy atom. The number of nitro groups is 1. The summed E-state index contributed by atoms with van der Waals surface area (Å²) in [6.45, 7) is 0. The first kappa shape index (κ1) is 12.8. The molecule has 0 atom stereocenters. The van der Waals surface area contributed by atoms with Crippen LogP contribution >= 0.6 is 0 Å². The van der Waals surface area contributed by atoms with Crippen LogP contribution in [0, 0.1) is 10.1 Å². The lowest BCUT2D eigenvalue weighted by atomic mass is 10.0. The number of benzene rings is 3. The Bertz CT molecular complexity index is 781. The minimum Gasteiger partial charge on any atom is -0.507 e. The number of non-ortho nitro benzene ring substituents is 1. The van der Waals surface area contributed by atoms with Crippen LogP contribution < -0.4 is 0 Å². The van der Waals surface area contributed by atoms with Gasteiger partial charge in [0.25, 0.3) is 5.69 Å². The van der Waals surface area contributed by atoms with Crippen molar-refractivity contribution in [2.24, 2.45) is 0 Å². The van der Waals surface area contributed by atoms with E-state index in [-0.39, 0.29) is 18.9 Å². The molecule has 0 aliphatic rings. The second-order valence-electron chi connectivity index (χ2n) is 4.11. The average molecular weight is 255 g/mol. The molecule has 0 saturated heterocycles. The van der Waals surface area contributed by atoms with Crippen molar-refractivity contribution in [2.75, 3.05) is 0 Å². The zero-order valence-corrected chi connectivity index (χ0v) is 9.33. The summed E-state index contributed by atoms with van der Waals surface area (Å²) >= 11 is 0. The van der Waals surface area contributed by atoms with Gasteiger partial charge in [-0.1, -0.05) is 31.7 Å². The van der Waals surface area contributed by atoms with Crippen molar-refractivity contribution in [3.63, 3.8) is 0 Å². The molecule has 0 aliphatic carbocycles. The third kappa shape index (κ3) is 1.97. The molecule has 0 heterocycles. The maximum Gasteiger partial charge on any atom is 0.270 e. The number of hydrogen-bond acceptors (Lipinski definition) is 3. The number of rotatable bonds is 1. The monoisotopic (exact) mass is 255 g/mol. The molecular formula is C15H13NO3. The van der Waals surface area contributed by atoms with Crippen LogP contribution in [0.4, 0.5) is 5.69 Å². The van der Waals surface area contributed by atoms with Crippen molar-refractivity contribution in [1.82, 2.24) is 0 Å². The van der Waals surface area contributed by atoms with Gasteiger partial charge in [0.2, 0.25) is 0 Å². The van der Waals surface area contributed by atoms with E-state index in [2.05, 4.69) is 0 Å². The molecule has 4 nitrogen and oxygen atoms in total. The van der Waals surface area contributed by atoms with Gasteiger partial charge in [-0.25, -0.2) is 0 Å². The lowest BCUT2D eigenvalue weighted by Crippen LogP contribution is -1.87. The molecule has 4 heteroatoms. The van der Waals surface area contributed by atoms with Crippen LogP contribution in [0.5, 0.6) is 5.75 Å². The van der Waals surface area contributed by atoms with E-state index in [9.17, 15) is 15.2 Å². The van der Waals surface area contributed by atoms with E-state index in [0.717, 1.165) is 10.8 Å². The van der Waals surface area contributed by atoms with Crippen molar-refractivity contribution in [3.8, 4) is 5.75 Å². The fraction of sp³-hybridized carbons (Fsp3) is 0.0667. The Hall–Kier alpha value is -2.62. The Balaban J connectivity index is 0.00000133. The van der Waals surface area contributed by atoms with Crippen LogP contribution in [0.2, 0.25) is 0 Å². The molecule has 0 amide bonds. The molecule has 0 saturated carbocycles. The number of fused-ring (bicyclic) bond motifs is 2. The number of hydrogen-bond donors (Lipinski definition) is 1. The number of nitrogens with zero attached hydrogens (tertiary/aromatic N) is 1. The number of aromatic hydroxyl groups is 1. The Kier molecular flexibility index (Phi) is 3.09. The van der Waals surface area contributed by atoms with E-state index < -0.39 is 4.92 Å². The quantitative estimate of drug-likeness (QED) is 0.402. The summed E-state index contributed by atoms with van der Waals surface area (Å²) in [6.07, 6.45) is 0. The lowest BCUT2D eigenvalue weighted by molar-refractivity contribution is -0.384. The molecule has 0 spiro atoms. The van der Waals surface area contributed by atoms with Gasteiger partial charge in [0.15, 0.2) is 0 Å². The van der Waals surface area contributed by atoms with E-state index in [0.29, 0.717) is 10.8 Å². The van der Waals surface area contributed by atoms with Gasteiger partial charge in [-0.2, -0.15) is 0 Å². The summed E-state index contributed by atoms with van der Waals surface area (Å²) < 4.78 is 0. The zero-order chi connectivity index (χ0) is 12.7. The number of nitro benzene ring substituents is 1. The van der Waals surface area contributed by atoms with Crippen molar-refractivity contribution >= 4 is 27.2 Å². The van der Waals surface area contributed by atoms with Gasteiger partial charge in [0, 0.05) is 22.9 Å². The fourth-order valence-electron chi connectivity index (χ4n) is 2.14. The normalized spacial score (nSPS) is 10.3. The van der Waals surface area contributed by atoms with Crippen LogP contribution in [-0.4, -0.2) is 10.0 Å². The summed E-state index contributed by atoms with van der Waals surface area (Å²) in [5, 5.41) is 23.8. The summed E-state index contributed by atoms with van der Waals surface area (Å²) in [5.41, 5.74) is -0.0203. The highest BCUT2D eigenvalue weighted by Gasteiger charge is 2.11. The molecule has 0 radical (unpaired) electrons. The second kappa shape index (κ2) is 4.57. The molecule has 96 valence electrons. The third-order valence-electron chi connectivity index (χ3n) is 3.03. The molecule has 3 rings (SSSR count). The van der Waals surface area contributed by atoms with Gasteiger partial charge in [-0.05, 0) is 22.9 Å².